The van der Waals surface area contributed by atoms with Gasteiger partial charge in [0.15, 0.2) is 0 Å². The highest BCUT2D eigenvalue weighted by molar-refractivity contribution is 5.30. The minimum Gasteiger partial charge on any atom is -0.489 e. The highest BCUT2D eigenvalue weighted by Gasteiger charge is 2.02. The molecule has 112 valence electrons. The summed E-state index contributed by atoms with van der Waals surface area (Å²) in [7, 11) is 0. The zero-order valence-electron chi connectivity index (χ0n) is 12.7. The van der Waals surface area contributed by atoms with E-state index in [9.17, 15) is 4.39 Å². The average molecular weight is 287 g/mol. The average Bonchev–Trinajstić information content (AvgIpc) is 2.47. The predicted molar refractivity (Wildman–Crippen MR) is 83.9 cm³/mol. The fourth-order valence-electron chi connectivity index (χ4n) is 2.14. The number of rotatable bonds is 7. The van der Waals surface area contributed by atoms with E-state index in [0.29, 0.717) is 6.61 Å². The van der Waals surface area contributed by atoms with Gasteiger partial charge in [-0.05, 0) is 60.8 Å². The van der Waals surface area contributed by atoms with E-state index in [0.717, 1.165) is 36.4 Å². The molecule has 0 aromatic heterocycles. The van der Waals surface area contributed by atoms with Crippen molar-refractivity contribution in [1.29, 1.82) is 0 Å². The summed E-state index contributed by atoms with van der Waals surface area (Å²) >= 11 is 0. The lowest BCUT2D eigenvalue weighted by molar-refractivity contribution is 0.305. The smallest absolute Gasteiger partial charge is 0.123 e. The molecular weight excluding hydrogens is 265 g/mol. The van der Waals surface area contributed by atoms with Gasteiger partial charge in [-0.25, -0.2) is 4.39 Å². The summed E-state index contributed by atoms with van der Waals surface area (Å²) in [6, 6.07) is 12.8. The third-order valence-electron chi connectivity index (χ3n) is 3.35. The van der Waals surface area contributed by atoms with Gasteiger partial charge in [0.2, 0.25) is 0 Å². The second kappa shape index (κ2) is 7.79. The lowest BCUT2D eigenvalue weighted by atomic mass is 10.1. The molecule has 0 aliphatic heterocycles. The van der Waals surface area contributed by atoms with Gasteiger partial charge in [-0.2, -0.15) is 0 Å². The number of halogens is 1. The Labute approximate surface area is 126 Å². The van der Waals surface area contributed by atoms with Gasteiger partial charge in [0, 0.05) is 6.54 Å². The fourth-order valence-corrected chi connectivity index (χ4v) is 2.14. The minimum atomic E-state index is -0.208. The lowest BCUT2D eigenvalue weighted by Crippen LogP contribution is -2.13. The first kappa shape index (κ1) is 15.5. The Bertz CT molecular complexity index is 583. The van der Waals surface area contributed by atoms with Crippen molar-refractivity contribution in [3.05, 3.63) is 65.0 Å². The molecule has 2 rings (SSSR count). The van der Waals surface area contributed by atoms with E-state index in [-0.39, 0.29) is 5.82 Å². The molecule has 2 nitrogen and oxygen atoms in total. The van der Waals surface area contributed by atoms with Gasteiger partial charge in [-0.3, -0.25) is 0 Å². The zero-order chi connectivity index (χ0) is 15.1. The third-order valence-corrected chi connectivity index (χ3v) is 3.35. The maximum Gasteiger partial charge on any atom is 0.123 e. The molecule has 0 saturated heterocycles. The molecule has 0 unspecified atom stereocenters. The molecule has 2 aromatic carbocycles. The normalized spacial score (nSPS) is 10.6. The number of ether oxygens (including phenoxy) is 1. The maximum absolute atomic E-state index is 13.1. The SMILES string of the molecule is CCCNCc1cccc(OCc2ccc(F)cc2C)c1. The van der Waals surface area contributed by atoms with Crippen LogP contribution in [0.25, 0.3) is 0 Å². The molecule has 0 atom stereocenters. The molecule has 1 N–H and O–H groups in total. The van der Waals surface area contributed by atoms with Crippen LogP contribution in [0.4, 0.5) is 4.39 Å². The number of aryl methyl sites for hydroxylation is 1. The van der Waals surface area contributed by atoms with Crippen molar-refractivity contribution in [1.82, 2.24) is 5.32 Å². The van der Waals surface area contributed by atoms with Crippen molar-refractivity contribution < 1.29 is 9.13 Å². The monoisotopic (exact) mass is 287 g/mol. The second-order valence-electron chi connectivity index (χ2n) is 5.18. The quantitative estimate of drug-likeness (QED) is 0.770. The van der Waals surface area contributed by atoms with E-state index in [4.69, 9.17) is 4.74 Å². The van der Waals surface area contributed by atoms with Crippen LogP contribution in [0.5, 0.6) is 5.75 Å². The number of hydrogen-bond donors (Lipinski definition) is 1. The summed E-state index contributed by atoms with van der Waals surface area (Å²) in [5, 5.41) is 3.37. The van der Waals surface area contributed by atoms with Crippen LogP contribution in [-0.4, -0.2) is 6.54 Å². The van der Waals surface area contributed by atoms with Crippen LogP contribution >= 0.6 is 0 Å². The van der Waals surface area contributed by atoms with E-state index in [2.05, 4.69) is 18.3 Å². The molecule has 0 radical (unpaired) electrons. The van der Waals surface area contributed by atoms with Gasteiger partial charge in [0.1, 0.15) is 18.2 Å². The van der Waals surface area contributed by atoms with Crippen molar-refractivity contribution in [2.75, 3.05) is 6.54 Å². The molecule has 0 bridgehead atoms. The van der Waals surface area contributed by atoms with E-state index >= 15 is 0 Å². The first-order valence-corrected chi connectivity index (χ1v) is 7.36. The summed E-state index contributed by atoms with van der Waals surface area (Å²) in [4.78, 5) is 0. The van der Waals surface area contributed by atoms with E-state index in [1.54, 1.807) is 6.07 Å². The molecule has 3 heteroatoms. The van der Waals surface area contributed by atoms with Crippen LogP contribution in [0, 0.1) is 12.7 Å². The Morgan fingerprint density at radius 2 is 2.00 bits per heavy atom. The summed E-state index contributed by atoms with van der Waals surface area (Å²) in [5.74, 6) is 0.634. The number of benzene rings is 2. The summed E-state index contributed by atoms with van der Waals surface area (Å²) in [6.07, 6.45) is 1.13. The van der Waals surface area contributed by atoms with Crippen LogP contribution in [-0.2, 0) is 13.2 Å². The molecule has 21 heavy (non-hydrogen) atoms. The highest BCUT2D eigenvalue weighted by Crippen LogP contribution is 2.17. The highest BCUT2D eigenvalue weighted by atomic mass is 19.1. The second-order valence-corrected chi connectivity index (χ2v) is 5.18. The van der Waals surface area contributed by atoms with Crippen LogP contribution in [0.15, 0.2) is 42.5 Å². The molecule has 0 spiro atoms. The Morgan fingerprint density at radius 1 is 1.14 bits per heavy atom. The predicted octanol–water partition coefficient (Wildman–Crippen LogP) is 4.21. The van der Waals surface area contributed by atoms with Crippen LogP contribution in [0.1, 0.15) is 30.0 Å². The van der Waals surface area contributed by atoms with Crippen molar-refractivity contribution in [2.45, 2.75) is 33.4 Å². The van der Waals surface area contributed by atoms with Gasteiger partial charge in [-0.15, -0.1) is 0 Å². The van der Waals surface area contributed by atoms with E-state index < -0.39 is 0 Å². The summed E-state index contributed by atoms with van der Waals surface area (Å²) < 4.78 is 18.9. The molecule has 0 saturated carbocycles. The van der Waals surface area contributed by atoms with Crippen molar-refractivity contribution in [3.8, 4) is 5.75 Å². The lowest BCUT2D eigenvalue weighted by Gasteiger charge is -2.10. The van der Waals surface area contributed by atoms with Crippen LogP contribution in [0.3, 0.4) is 0 Å². The van der Waals surface area contributed by atoms with E-state index in [1.807, 2.05) is 25.1 Å². The molecular formula is C18H22FNO. The minimum absolute atomic E-state index is 0.208. The molecule has 0 aliphatic carbocycles. The van der Waals surface area contributed by atoms with Gasteiger partial charge >= 0.3 is 0 Å². The Morgan fingerprint density at radius 3 is 2.76 bits per heavy atom. The molecule has 0 aliphatic rings. The van der Waals surface area contributed by atoms with Gasteiger partial charge in [-0.1, -0.05) is 25.1 Å². The fraction of sp³-hybridized carbons (Fsp3) is 0.333. The Kier molecular flexibility index (Phi) is 5.76. The number of nitrogens with one attached hydrogen (secondary N) is 1. The molecule has 0 amide bonds. The van der Waals surface area contributed by atoms with Gasteiger partial charge < -0.3 is 10.1 Å². The zero-order valence-corrected chi connectivity index (χ0v) is 12.7. The molecule has 0 fully saturated rings. The third kappa shape index (κ3) is 4.87. The standard InChI is InChI=1S/C18H22FNO/c1-3-9-20-12-15-5-4-6-18(11-15)21-13-16-7-8-17(19)10-14(16)2/h4-8,10-11,20H,3,9,12-13H2,1-2H3. The van der Waals surface area contributed by atoms with Crippen LogP contribution < -0.4 is 10.1 Å². The number of hydrogen-bond acceptors (Lipinski definition) is 2. The maximum atomic E-state index is 13.1. The topological polar surface area (TPSA) is 21.3 Å². The van der Waals surface area contributed by atoms with Crippen molar-refractivity contribution >= 4 is 0 Å². The largest absolute Gasteiger partial charge is 0.489 e. The van der Waals surface area contributed by atoms with Gasteiger partial charge in [0.25, 0.3) is 0 Å². The van der Waals surface area contributed by atoms with Crippen molar-refractivity contribution in [3.63, 3.8) is 0 Å². The Balaban J connectivity index is 1.95. The first-order chi connectivity index (χ1) is 10.2. The summed E-state index contributed by atoms with van der Waals surface area (Å²) in [6.45, 7) is 6.36. The molecule has 0 heterocycles. The van der Waals surface area contributed by atoms with Crippen LogP contribution in [0.2, 0.25) is 0 Å². The molecule has 2 aromatic rings. The van der Waals surface area contributed by atoms with Gasteiger partial charge in [0.05, 0.1) is 0 Å². The Hall–Kier alpha value is -1.87. The summed E-state index contributed by atoms with van der Waals surface area (Å²) in [5.41, 5.74) is 3.12. The van der Waals surface area contributed by atoms with Crippen molar-refractivity contribution in [2.24, 2.45) is 0 Å². The van der Waals surface area contributed by atoms with E-state index in [1.165, 1.54) is 17.7 Å². The first-order valence-electron chi connectivity index (χ1n) is 7.36.